The maximum absolute atomic E-state index is 12.0. The van der Waals surface area contributed by atoms with Gasteiger partial charge in [-0.3, -0.25) is 0 Å². The Bertz CT molecular complexity index is 193. The molecule has 0 rings (SSSR count). The summed E-state index contributed by atoms with van der Waals surface area (Å²) in [6.07, 6.45) is 1.61. The molecule has 0 fully saturated rings. The third kappa shape index (κ3) is 12.3. The van der Waals surface area contributed by atoms with Gasteiger partial charge in [0.15, 0.2) is 0 Å². The molecule has 104 valence electrons. The summed E-state index contributed by atoms with van der Waals surface area (Å²) in [6.45, 7) is 9.14. The molecule has 0 aromatic rings. The molecule has 0 heterocycles. The van der Waals surface area contributed by atoms with Gasteiger partial charge in [-0.1, -0.05) is 39.5 Å². The molecule has 0 saturated heterocycles. The van der Waals surface area contributed by atoms with Gasteiger partial charge in [0.2, 0.25) is 0 Å². The first-order valence-electron chi connectivity index (χ1n) is 6.14. The van der Waals surface area contributed by atoms with E-state index in [2.05, 4.69) is 33.0 Å². The molecule has 0 amide bonds. The van der Waals surface area contributed by atoms with Crippen molar-refractivity contribution < 1.29 is 13.2 Å². The fraction of sp³-hybridized carbons (Fsp3) is 1.00. The Kier molecular flexibility index (Phi) is 8.29. The van der Waals surface area contributed by atoms with Crippen molar-refractivity contribution in [2.24, 2.45) is 11.8 Å². The molecule has 0 aliphatic carbocycles. The van der Waals surface area contributed by atoms with Crippen LogP contribution < -0.4 is 5.32 Å². The molecular weight excluding hydrogens is 247 g/mol. The highest BCUT2D eigenvalue weighted by atomic mass is 32.2. The van der Waals surface area contributed by atoms with E-state index in [1.54, 1.807) is 0 Å². The number of rotatable bonds is 8. The lowest BCUT2D eigenvalue weighted by atomic mass is 9.94. The minimum atomic E-state index is -4.09. The van der Waals surface area contributed by atoms with Crippen LogP contribution in [0.4, 0.5) is 13.2 Å². The Morgan fingerprint density at radius 1 is 1.12 bits per heavy atom. The Hall–Kier alpha value is 0.1000. The van der Waals surface area contributed by atoms with Crippen molar-refractivity contribution in [1.82, 2.24) is 5.32 Å². The Balaban J connectivity index is 3.93. The number of hydrogen-bond donors (Lipinski definition) is 1. The summed E-state index contributed by atoms with van der Waals surface area (Å²) in [5.41, 5.74) is -4.09. The van der Waals surface area contributed by atoms with Gasteiger partial charge in [0.25, 0.3) is 0 Å². The van der Waals surface area contributed by atoms with Crippen LogP contribution in [0.25, 0.3) is 0 Å². The van der Waals surface area contributed by atoms with Gasteiger partial charge in [-0.25, -0.2) is 0 Å². The predicted molar refractivity (Wildman–Crippen MR) is 69.2 cm³/mol. The summed E-state index contributed by atoms with van der Waals surface area (Å²) < 4.78 is 36.1. The van der Waals surface area contributed by atoms with Crippen molar-refractivity contribution in [3.05, 3.63) is 0 Å². The molecule has 0 aromatic carbocycles. The van der Waals surface area contributed by atoms with E-state index in [0.717, 1.165) is 13.0 Å². The van der Waals surface area contributed by atoms with Crippen LogP contribution in [0.5, 0.6) is 0 Å². The Morgan fingerprint density at radius 3 is 2.12 bits per heavy atom. The fourth-order valence-corrected chi connectivity index (χ4v) is 2.40. The van der Waals surface area contributed by atoms with E-state index in [1.807, 2.05) is 0 Å². The number of halogens is 3. The molecule has 1 nitrogen and oxygen atoms in total. The van der Waals surface area contributed by atoms with E-state index in [0.29, 0.717) is 24.3 Å². The van der Waals surface area contributed by atoms with E-state index in [4.69, 9.17) is 0 Å². The predicted octanol–water partition coefficient (Wildman–Crippen LogP) is 4.29. The second kappa shape index (κ2) is 8.25. The molecule has 0 radical (unpaired) electrons. The van der Waals surface area contributed by atoms with E-state index in [9.17, 15) is 13.2 Å². The number of thioether (sulfide) groups is 1. The number of nitrogens with one attached hydrogen (secondary N) is 1. The molecule has 1 unspecified atom stereocenters. The van der Waals surface area contributed by atoms with Gasteiger partial charge in [0.1, 0.15) is 0 Å². The highest BCUT2D eigenvalue weighted by Crippen LogP contribution is 2.31. The van der Waals surface area contributed by atoms with Gasteiger partial charge >= 0.3 is 5.51 Å². The lowest BCUT2D eigenvalue weighted by Gasteiger charge is -2.21. The molecule has 0 aliphatic heterocycles. The van der Waals surface area contributed by atoms with E-state index in [1.165, 1.54) is 0 Å². The molecule has 0 saturated carbocycles. The van der Waals surface area contributed by atoms with Gasteiger partial charge in [-0.15, -0.1) is 0 Å². The van der Waals surface area contributed by atoms with Crippen molar-refractivity contribution >= 4 is 11.8 Å². The van der Waals surface area contributed by atoms with E-state index < -0.39 is 5.51 Å². The zero-order valence-corrected chi connectivity index (χ0v) is 11.9. The molecule has 0 spiro atoms. The number of alkyl halides is 3. The van der Waals surface area contributed by atoms with Crippen LogP contribution in [0, 0.1) is 11.8 Å². The largest absolute Gasteiger partial charge is 0.441 e. The molecule has 17 heavy (non-hydrogen) atoms. The third-order valence-electron chi connectivity index (χ3n) is 2.41. The lowest BCUT2D eigenvalue weighted by molar-refractivity contribution is -0.0328. The maximum atomic E-state index is 12.0. The number of hydrogen-bond acceptors (Lipinski definition) is 2. The average Bonchev–Trinajstić information content (AvgIpc) is 2.10. The van der Waals surface area contributed by atoms with Crippen LogP contribution in [0.3, 0.4) is 0 Å². The van der Waals surface area contributed by atoms with Crippen LogP contribution in [0.2, 0.25) is 0 Å². The quantitative estimate of drug-likeness (QED) is 0.707. The lowest BCUT2D eigenvalue weighted by Crippen LogP contribution is -2.30. The first-order valence-corrected chi connectivity index (χ1v) is 7.13. The van der Waals surface area contributed by atoms with Crippen LogP contribution in [0.1, 0.15) is 40.5 Å². The molecular formula is C12H24F3NS. The summed E-state index contributed by atoms with van der Waals surface area (Å²) in [7, 11) is 0. The second-order valence-corrected chi connectivity index (χ2v) is 6.30. The van der Waals surface area contributed by atoms with Crippen molar-refractivity contribution in [3.8, 4) is 0 Å². The molecule has 5 heteroatoms. The molecule has 1 atom stereocenters. The minimum Gasteiger partial charge on any atom is -0.314 e. The topological polar surface area (TPSA) is 12.0 Å². The summed E-state index contributed by atoms with van der Waals surface area (Å²) in [6, 6.07) is 0.389. The molecule has 0 aromatic heterocycles. The normalized spacial score (nSPS) is 14.6. The van der Waals surface area contributed by atoms with Crippen molar-refractivity contribution in [3.63, 3.8) is 0 Å². The van der Waals surface area contributed by atoms with Crippen molar-refractivity contribution in [2.45, 2.75) is 52.1 Å². The van der Waals surface area contributed by atoms with Crippen LogP contribution in [0.15, 0.2) is 0 Å². The van der Waals surface area contributed by atoms with Gasteiger partial charge in [0.05, 0.1) is 0 Å². The average molecular weight is 271 g/mol. The maximum Gasteiger partial charge on any atom is 0.441 e. The Labute approximate surface area is 107 Å². The highest BCUT2D eigenvalue weighted by molar-refractivity contribution is 8.00. The van der Waals surface area contributed by atoms with E-state index in [-0.39, 0.29) is 17.5 Å². The fourth-order valence-electron chi connectivity index (χ4n) is 1.71. The zero-order chi connectivity index (χ0) is 13.5. The summed E-state index contributed by atoms with van der Waals surface area (Å²) in [5, 5.41) is 3.31. The standard InChI is InChI=1S/C12H24F3NS/c1-9(2)7-11(8-16-10(3)4)5-6-17-12(13,14)15/h9-11,16H,5-8H2,1-4H3. The summed E-state index contributed by atoms with van der Waals surface area (Å²) in [4.78, 5) is 0. The molecule has 0 aliphatic rings. The van der Waals surface area contributed by atoms with Crippen molar-refractivity contribution in [2.75, 3.05) is 12.3 Å². The van der Waals surface area contributed by atoms with Gasteiger partial charge < -0.3 is 5.32 Å². The first-order chi connectivity index (χ1) is 7.70. The van der Waals surface area contributed by atoms with Crippen LogP contribution in [-0.4, -0.2) is 23.8 Å². The van der Waals surface area contributed by atoms with Gasteiger partial charge in [-0.05, 0) is 31.2 Å². The third-order valence-corrected chi connectivity index (χ3v) is 3.18. The smallest absolute Gasteiger partial charge is 0.314 e. The zero-order valence-electron chi connectivity index (χ0n) is 11.1. The summed E-state index contributed by atoms with van der Waals surface area (Å²) in [5.74, 6) is 1.04. The summed E-state index contributed by atoms with van der Waals surface area (Å²) >= 11 is 0.0955. The Morgan fingerprint density at radius 2 is 1.71 bits per heavy atom. The van der Waals surface area contributed by atoms with E-state index >= 15 is 0 Å². The second-order valence-electron chi connectivity index (χ2n) is 5.14. The van der Waals surface area contributed by atoms with Gasteiger partial charge in [0, 0.05) is 11.8 Å². The van der Waals surface area contributed by atoms with Gasteiger partial charge in [-0.2, -0.15) is 13.2 Å². The molecule has 0 bridgehead atoms. The minimum absolute atomic E-state index is 0.0955. The van der Waals surface area contributed by atoms with Crippen LogP contribution >= 0.6 is 11.8 Å². The highest BCUT2D eigenvalue weighted by Gasteiger charge is 2.28. The SMILES string of the molecule is CC(C)CC(CCSC(F)(F)F)CNC(C)C. The monoisotopic (exact) mass is 271 g/mol. The first kappa shape index (κ1) is 17.1. The van der Waals surface area contributed by atoms with Crippen molar-refractivity contribution in [1.29, 1.82) is 0 Å². The molecule has 1 N–H and O–H groups in total. The van der Waals surface area contributed by atoms with Crippen LogP contribution in [-0.2, 0) is 0 Å².